The average Bonchev–Trinajstić information content (AvgIpc) is 2.59. The molecule has 0 aliphatic heterocycles. The summed E-state index contributed by atoms with van der Waals surface area (Å²) < 4.78 is 1.11. The lowest BCUT2D eigenvalue weighted by atomic mass is 10.3. The molecule has 0 bridgehead atoms. The van der Waals surface area contributed by atoms with Gasteiger partial charge in [0, 0.05) is 11.7 Å². The number of anilines is 2. The molecule has 1 aromatic heterocycles. The second kappa shape index (κ2) is 3.90. The Morgan fingerprint density at radius 1 is 1.60 bits per heavy atom. The van der Waals surface area contributed by atoms with Gasteiger partial charge in [0.25, 0.3) is 0 Å². The standard InChI is InChI=1S/C11H13N3S/c1-3-7(2)13-11-14-9-5-4-8(12)6-10(9)15-11/h3-7H,1,12H2,2H3,(H,13,14). The first-order valence-corrected chi connectivity index (χ1v) is 5.56. The van der Waals surface area contributed by atoms with E-state index in [1.807, 2.05) is 31.2 Å². The molecule has 3 nitrogen and oxygen atoms in total. The minimum absolute atomic E-state index is 0.225. The van der Waals surface area contributed by atoms with Crippen molar-refractivity contribution < 1.29 is 0 Å². The molecular formula is C11H13N3S. The number of thiazole rings is 1. The zero-order valence-corrected chi connectivity index (χ0v) is 9.34. The van der Waals surface area contributed by atoms with Crippen LogP contribution >= 0.6 is 11.3 Å². The molecule has 78 valence electrons. The normalized spacial score (nSPS) is 12.6. The van der Waals surface area contributed by atoms with E-state index in [4.69, 9.17) is 5.73 Å². The van der Waals surface area contributed by atoms with E-state index < -0.39 is 0 Å². The Hall–Kier alpha value is -1.55. The maximum absolute atomic E-state index is 5.70. The van der Waals surface area contributed by atoms with E-state index in [1.54, 1.807) is 11.3 Å². The lowest BCUT2D eigenvalue weighted by molar-refractivity contribution is 0.997. The summed E-state index contributed by atoms with van der Waals surface area (Å²) in [6.45, 7) is 5.75. The monoisotopic (exact) mass is 219 g/mol. The number of nitrogens with one attached hydrogen (secondary N) is 1. The zero-order valence-electron chi connectivity index (χ0n) is 8.53. The van der Waals surface area contributed by atoms with Crippen molar-refractivity contribution in [3.63, 3.8) is 0 Å². The molecule has 0 radical (unpaired) electrons. The van der Waals surface area contributed by atoms with Crippen LogP contribution in [0.2, 0.25) is 0 Å². The van der Waals surface area contributed by atoms with Gasteiger partial charge in [-0.1, -0.05) is 17.4 Å². The molecular weight excluding hydrogens is 206 g/mol. The third-order valence-electron chi connectivity index (χ3n) is 2.12. The first-order valence-electron chi connectivity index (χ1n) is 4.74. The smallest absolute Gasteiger partial charge is 0.184 e. The fraction of sp³-hybridized carbons (Fsp3) is 0.182. The highest BCUT2D eigenvalue weighted by molar-refractivity contribution is 7.22. The molecule has 0 spiro atoms. The molecule has 0 saturated heterocycles. The lowest BCUT2D eigenvalue weighted by Gasteiger charge is -2.05. The molecule has 0 fully saturated rings. The van der Waals surface area contributed by atoms with Crippen LogP contribution in [0.3, 0.4) is 0 Å². The molecule has 1 unspecified atom stereocenters. The number of aromatic nitrogens is 1. The Kier molecular flexibility index (Phi) is 2.60. The fourth-order valence-corrected chi connectivity index (χ4v) is 2.27. The number of hydrogen-bond acceptors (Lipinski definition) is 4. The van der Waals surface area contributed by atoms with Gasteiger partial charge in [-0.3, -0.25) is 0 Å². The summed E-state index contributed by atoms with van der Waals surface area (Å²) in [5.41, 5.74) is 7.46. The molecule has 0 aliphatic carbocycles. The van der Waals surface area contributed by atoms with Crippen LogP contribution in [0.15, 0.2) is 30.9 Å². The highest BCUT2D eigenvalue weighted by atomic mass is 32.1. The summed E-state index contributed by atoms with van der Waals surface area (Å²) in [5, 5.41) is 4.15. The Bertz CT molecular complexity index is 490. The zero-order chi connectivity index (χ0) is 10.8. The van der Waals surface area contributed by atoms with Crippen LogP contribution in [0.4, 0.5) is 10.8 Å². The molecule has 15 heavy (non-hydrogen) atoms. The van der Waals surface area contributed by atoms with Crippen LogP contribution in [0.1, 0.15) is 6.92 Å². The number of rotatable bonds is 3. The van der Waals surface area contributed by atoms with Crippen LogP contribution in [-0.4, -0.2) is 11.0 Å². The quantitative estimate of drug-likeness (QED) is 0.616. The van der Waals surface area contributed by atoms with Crippen molar-refractivity contribution >= 4 is 32.4 Å². The molecule has 1 atom stereocenters. The predicted molar refractivity (Wildman–Crippen MR) is 67.3 cm³/mol. The van der Waals surface area contributed by atoms with Crippen LogP contribution < -0.4 is 11.1 Å². The predicted octanol–water partition coefficient (Wildman–Crippen LogP) is 2.86. The van der Waals surface area contributed by atoms with Gasteiger partial charge in [0.2, 0.25) is 0 Å². The van der Waals surface area contributed by atoms with E-state index in [0.717, 1.165) is 21.0 Å². The number of nitrogens with zero attached hydrogens (tertiary/aromatic N) is 1. The molecule has 0 amide bonds. The van der Waals surface area contributed by atoms with Crippen molar-refractivity contribution in [1.29, 1.82) is 0 Å². The van der Waals surface area contributed by atoms with Gasteiger partial charge in [-0.05, 0) is 25.1 Å². The van der Waals surface area contributed by atoms with Crippen molar-refractivity contribution in [2.45, 2.75) is 13.0 Å². The van der Waals surface area contributed by atoms with Crippen molar-refractivity contribution in [1.82, 2.24) is 4.98 Å². The van der Waals surface area contributed by atoms with Gasteiger partial charge < -0.3 is 11.1 Å². The van der Waals surface area contributed by atoms with Gasteiger partial charge in [-0.15, -0.1) is 6.58 Å². The second-order valence-electron chi connectivity index (χ2n) is 3.41. The van der Waals surface area contributed by atoms with Crippen molar-refractivity contribution in [3.05, 3.63) is 30.9 Å². The highest BCUT2D eigenvalue weighted by Crippen LogP contribution is 2.27. The maximum atomic E-state index is 5.70. The Morgan fingerprint density at radius 2 is 2.40 bits per heavy atom. The van der Waals surface area contributed by atoms with E-state index in [9.17, 15) is 0 Å². The van der Waals surface area contributed by atoms with Gasteiger partial charge in [0.15, 0.2) is 5.13 Å². The summed E-state index contributed by atoms with van der Waals surface area (Å²) in [5.74, 6) is 0. The number of benzene rings is 1. The molecule has 2 aromatic rings. The summed E-state index contributed by atoms with van der Waals surface area (Å²) in [6, 6.07) is 5.97. The minimum atomic E-state index is 0.225. The van der Waals surface area contributed by atoms with Crippen LogP contribution in [0.5, 0.6) is 0 Å². The number of nitrogen functional groups attached to an aromatic ring is 1. The van der Waals surface area contributed by atoms with E-state index in [-0.39, 0.29) is 6.04 Å². The first-order chi connectivity index (χ1) is 7.19. The minimum Gasteiger partial charge on any atom is -0.399 e. The average molecular weight is 219 g/mol. The van der Waals surface area contributed by atoms with E-state index in [1.165, 1.54) is 0 Å². The molecule has 4 heteroatoms. The van der Waals surface area contributed by atoms with Gasteiger partial charge in [0.05, 0.1) is 10.2 Å². The fourth-order valence-electron chi connectivity index (χ4n) is 1.26. The number of fused-ring (bicyclic) bond motifs is 1. The maximum Gasteiger partial charge on any atom is 0.184 e. The second-order valence-corrected chi connectivity index (χ2v) is 4.45. The Labute approximate surface area is 92.6 Å². The number of hydrogen-bond donors (Lipinski definition) is 2. The Morgan fingerprint density at radius 3 is 3.13 bits per heavy atom. The molecule has 2 rings (SSSR count). The van der Waals surface area contributed by atoms with E-state index in [0.29, 0.717) is 0 Å². The van der Waals surface area contributed by atoms with Crippen LogP contribution in [0, 0.1) is 0 Å². The molecule has 0 aliphatic rings. The van der Waals surface area contributed by atoms with Gasteiger partial charge in [-0.25, -0.2) is 4.98 Å². The van der Waals surface area contributed by atoms with Gasteiger partial charge in [-0.2, -0.15) is 0 Å². The van der Waals surface area contributed by atoms with Crippen molar-refractivity contribution in [3.8, 4) is 0 Å². The number of nitrogens with two attached hydrogens (primary N) is 1. The van der Waals surface area contributed by atoms with Crippen LogP contribution in [-0.2, 0) is 0 Å². The Balaban J connectivity index is 2.34. The first kappa shape index (κ1) is 9.98. The molecule has 0 saturated carbocycles. The summed E-state index contributed by atoms with van der Waals surface area (Å²) in [7, 11) is 0. The molecule has 1 heterocycles. The van der Waals surface area contributed by atoms with Gasteiger partial charge in [0.1, 0.15) is 0 Å². The molecule has 3 N–H and O–H groups in total. The third-order valence-corrected chi connectivity index (χ3v) is 3.07. The topological polar surface area (TPSA) is 50.9 Å². The summed E-state index contributed by atoms with van der Waals surface area (Å²) in [6.07, 6.45) is 1.85. The van der Waals surface area contributed by atoms with E-state index >= 15 is 0 Å². The van der Waals surface area contributed by atoms with Crippen molar-refractivity contribution in [2.24, 2.45) is 0 Å². The largest absolute Gasteiger partial charge is 0.399 e. The van der Waals surface area contributed by atoms with E-state index in [2.05, 4.69) is 16.9 Å². The highest BCUT2D eigenvalue weighted by Gasteiger charge is 2.04. The lowest BCUT2D eigenvalue weighted by Crippen LogP contribution is -2.10. The third kappa shape index (κ3) is 2.10. The summed E-state index contributed by atoms with van der Waals surface area (Å²) >= 11 is 1.61. The summed E-state index contributed by atoms with van der Waals surface area (Å²) in [4.78, 5) is 4.45. The van der Waals surface area contributed by atoms with Gasteiger partial charge >= 0.3 is 0 Å². The van der Waals surface area contributed by atoms with Crippen molar-refractivity contribution in [2.75, 3.05) is 11.1 Å². The van der Waals surface area contributed by atoms with Crippen LogP contribution in [0.25, 0.3) is 10.2 Å². The SMILES string of the molecule is C=CC(C)Nc1nc2ccc(N)cc2s1. The molecule has 1 aromatic carbocycles.